The number of carbonyl (C=O) groups excluding carboxylic acids is 1. The predicted molar refractivity (Wildman–Crippen MR) is 96.6 cm³/mol. The van der Waals surface area contributed by atoms with Crippen LogP contribution in [0, 0.1) is 22.7 Å². The lowest BCUT2D eigenvalue weighted by Crippen LogP contribution is -2.51. The van der Waals surface area contributed by atoms with Gasteiger partial charge in [-0.25, -0.2) is 0 Å². The molecule has 142 valence electrons. The number of hydrogen-bond acceptors (Lipinski definition) is 4. The Bertz CT molecular complexity index is 738. The molecule has 0 saturated heterocycles. The molecule has 4 aliphatic rings. The summed E-state index contributed by atoms with van der Waals surface area (Å²) in [5.74, 6) is 2.45. The maximum Gasteiger partial charge on any atom is 0.302 e. The molecule has 3 saturated carbocycles. The van der Waals surface area contributed by atoms with E-state index in [0.29, 0.717) is 17.3 Å². The quantitative estimate of drug-likeness (QED) is 0.805. The van der Waals surface area contributed by atoms with Gasteiger partial charge in [-0.1, -0.05) is 6.92 Å². The summed E-state index contributed by atoms with van der Waals surface area (Å²) in [6.07, 6.45) is 10.7. The van der Waals surface area contributed by atoms with Crippen LogP contribution in [-0.4, -0.2) is 23.3 Å². The first-order valence-corrected chi connectivity index (χ1v) is 10.3. The van der Waals surface area contributed by atoms with Gasteiger partial charge in [0.25, 0.3) is 0 Å². The summed E-state index contributed by atoms with van der Waals surface area (Å²) in [4.78, 5) is 11.3. The van der Waals surface area contributed by atoms with Crippen molar-refractivity contribution >= 4 is 5.97 Å². The zero-order valence-electron chi connectivity index (χ0n) is 15.9. The van der Waals surface area contributed by atoms with Gasteiger partial charge in [0, 0.05) is 13.3 Å². The molecule has 1 aromatic rings. The summed E-state index contributed by atoms with van der Waals surface area (Å²) in [6, 6.07) is 2.20. The zero-order valence-corrected chi connectivity index (χ0v) is 15.9. The van der Waals surface area contributed by atoms with Gasteiger partial charge in [-0.05, 0) is 85.2 Å². The summed E-state index contributed by atoms with van der Waals surface area (Å²) < 4.78 is 11.0. The highest BCUT2D eigenvalue weighted by molar-refractivity contribution is 5.66. The predicted octanol–water partition coefficient (Wildman–Crippen LogP) is 4.21. The molecular formula is C22H30O4. The smallest absolute Gasteiger partial charge is 0.302 e. The molecule has 6 atom stereocenters. The number of ether oxygens (including phenoxy) is 1. The van der Waals surface area contributed by atoms with Gasteiger partial charge in [0.1, 0.15) is 18.0 Å². The van der Waals surface area contributed by atoms with E-state index in [1.807, 2.05) is 6.26 Å². The van der Waals surface area contributed by atoms with Crippen LogP contribution in [0.4, 0.5) is 0 Å². The second-order valence-electron chi connectivity index (χ2n) is 9.85. The Hall–Kier alpha value is -1.29. The maximum absolute atomic E-state index is 11.4. The fraction of sp³-hybridized carbons (Fsp3) is 0.773. The summed E-state index contributed by atoms with van der Waals surface area (Å²) in [6.45, 7) is 4.11. The van der Waals surface area contributed by atoms with Gasteiger partial charge in [0.15, 0.2) is 0 Å². The summed E-state index contributed by atoms with van der Waals surface area (Å²) in [7, 11) is 0. The molecule has 0 unspecified atom stereocenters. The molecule has 1 spiro atoms. The Labute approximate surface area is 155 Å². The molecule has 0 radical (unpaired) electrons. The molecule has 1 heterocycles. The second kappa shape index (κ2) is 5.37. The summed E-state index contributed by atoms with van der Waals surface area (Å²) >= 11 is 0. The van der Waals surface area contributed by atoms with E-state index in [1.54, 1.807) is 0 Å². The molecule has 1 aromatic heterocycles. The standard InChI is InChI=1S/C22H30O4/c1-14(23)26-13-22(24)12-21-9-5-17-16-7-10-25-18(16)6-8-20(17,2)19(21)4-3-15(22)11-21/h7,10,15,17,19,24H,3-6,8-9,11-13H2,1-2H3/t15-,17+,19+,20+,21-,22+/m0/s1. The number of furan rings is 1. The minimum Gasteiger partial charge on any atom is -0.469 e. The lowest BCUT2D eigenvalue weighted by atomic mass is 9.45. The average molecular weight is 358 g/mol. The highest BCUT2D eigenvalue weighted by Gasteiger charge is 2.66. The number of aliphatic hydroxyl groups is 1. The summed E-state index contributed by atoms with van der Waals surface area (Å²) in [5.41, 5.74) is 1.15. The third-order valence-electron chi connectivity index (χ3n) is 8.71. The van der Waals surface area contributed by atoms with Crippen LogP contribution >= 0.6 is 0 Å². The Balaban J connectivity index is 1.47. The van der Waals surface area contributed by atoms with Crippen molar-refractivity contribution in [3.05, 3.63) is 23.7 Å². The normalized spacial score (nSPS) is 46.2. The number of fused-ring (bicyclic) bond motifs is 5. The first-order valence-electron chi connectivity index (χ1n) is 10.3. The topological polar surface area (TPSA) is 59.7 Å². The molecule has 0 aromatic carbocycles. The fourth-order valence-corrected chi connectivity index (χ4v) is 7.72. The van der Waals surface area contributed by atoms with Crippen LogP contribution in [0.1, 0.15) is 76.0 Å². The van der Waals surface area contributed by atoms with Crippen molar-refractivity contribution in [1.82, 2.24) is 0 Å². The Morgan fingerprint density at radius 3 is 3.00 bits per heavy atom. The van der Waals surface area contributed by atoms with E-state index in [4.69, 9.17) is 9.15 Å². The number of carbonyl (C=O) groups is 1. The van der Waals surface area contributed by atoms with Crippen LogP contribution in [0.3, 0.4) is 0 Å². The van der Waals surface area contributed by atoms with Crippen molar-refractivity contribution in [2.24, 2.45) is 22.7 Å². The highest BCUT2D eigenvalue weighted by Crippen LogP contribution is 2.72. The van der Waals surface area contributed by atoms with Gasteiger partial charge < -0.3 is 14.3 Å². The highest BCUT2D eigenvalue weighted by atomic mass is 16.5. The van der Waals surface area contributed by atoms with E-state index in [1.165, 1.54) is 43.9 Å². The van der Waals surface area contributed by atoms with Crippen molar-refractivity contribution in [3.8, 4) is 0 Å². The Morgan fingerprint density at radius 1 is 1.35 bits per heavy atom. The van der Waals surface area contributed by atoms with Crippen LogP contribution < -0.4 is 0 Å². The minimum atomic E-state index is -0.820. The van der Waals surface area contributed by atoms with Gasteiger partial charge in [-0.3, -0.25) is 4.79 Å². The third kappa shape index (κ3) is 2.14. The lowest BCUT2D eigenvalue weighted by Gasteiger charge is -2.59. The monoisotopic (exact) mass is 358 g/mol. The van der Waals surface area contributed by atoms with Crippen molar-refractivity contribution in [3.63, 3.8) is 0 Å². The molecule has 0 aliphatic heterocycles. The minimum absolute atomic E-state index is 0.174. The molecular weight excluding hydrogens is 328 g/mol. The number of hydrogen-bond donors (Lipinski definition) is 1. The summed E-state index contributed by atoms with van der Waals surface area (Å²) in [5, 5.41) is 11.4. The molecule has 3 fully saturated rings. The third-order valence-corrected chi connectivity index (χ3v) is 8.71. The number of aryl methyl sites for hydroxylation is 1. The molecule has 4 heteroatoms. The van der Waals surface area contributed by atoms with Crippen LogP contribution in [0.15, 0.2) is 16.7 Å². The van der Waals surface area contributed by atoms with Gasteiger partial charge in [-0.2, -0.15) is 0 Å². The SMILES string of the molecule is CC(=O)OC[C@]1(O)C[C@@]23CC[C@@H]4c5ccoc5CC[C@@]4(C)[C@H]2CC[C@H]1C3. The molecule has 4 nitrogen and oxygen atoms in total. The first-order chi connectivity index (χ1) is 12.4. The van der Waals surface area contributed by atoms with Crippen molar-refractivity contribution in [2.45, 2.75) is 76.7 Å². The van der Waals surface area contributed by atoms with Crippen LogP contribution in [0.25, 0.3) is 0 Å². The fourth-order valence-electron chi connectivity index (χ4n) is 7.72. The molecule has 4 aliphatic carbocycles. The largest absolute Gasteiger partial charge is 0.469 e. The van der Waals surface area contributed by atoms with E-state index in [2.05, 4.69) is 13.0 Å². The van der Waals surface area contributed by atoms with E-state index in [9.17, 15) is 9.90 Å². The van der Waals surface area contributed by atoms with E-state index in [0.717, 1.165) is 25.7 Å². The van der Waals surface area contributed by atoms with Crippen molar-refractivity contribution < 1.29 is 19.1 Å². The van der Waals surface area contributed by atoms with Gasteiger partial charge in [0.05, 0.1) is 6.26 Å². The van der Waals surface area contributed by atoms with E-state index < -0.39 is 5.60 Å². The maximum atomic E-state index is 11.4. The molecule has 1 N–H and O–H groups in total. The molecule has 0 amide bonds. The van der Waals surface area contributed by atoms with Crippen LogP contribution in [-0.2, 0) is 16.0 Å². The van der Waals surface area contributed by atoms with E-state index in [-0.39, 0.29) is 23.9 Å². The average Bonchev–Trinajstić information content (AvgIpc) is 3.14. The number of rotatable bonds is 2. The van der Waals surface area contributed by atoms with Crippen LogP contribution in [0.5, 0.6) is 0 Å². The molecule has 2 bridgehead atoms. The lowest BCUT2D eigenvalue weighted by molar-refractivity contribution is -0.151. The van der Waals surface area contributed by atoms with Crippen molar-refractivity contribution in [2.75, 3.05) is 6.61 Å². The van der Waals surface area contributed by atoms with Crippen molar-refractivity contribution in [1.29, 1.82) is 0 Å². The molecule has 26 heavy (non-hydrogen) atoms. The second-order valence-corrected chi connectivity index (χ2v) is 9.85. The van der Waals surface area contributed by atoms with Gasteiger partial charge in [0.2, 0.25) is 0 Å². The van der Waals surface area contributed by atoms with Gasteiger partial charge in [-0.15, -0.1) is 0 Å². The zero-order chi connectivity index (χ0) is 18.2. The first kappa shape index (κ1) is 16.9. The van der Waals surface area contributed by atoms with E-state index >= 15 is 0 Å². The Kier molecular flexibility index (Phi) is 3.48. The van der Waals surface area contributed by atoms with Gasteiger partial charge >= 0.3 is 5.97 Å². The Morgan fingerprint density at radius 2 is 2.19 bits per heavy atom. The number of esters is 1. The van der Waals surface area contributed by atoms with Crippen LogP contribution in [0.2, 0.25) is 0 Å². The molecule has 5 rings (SSSR count).